The Labute approximate surface area is 138 Å². The fourth-order valence-corrected chi connectivity index (χ4v) is 4.25. The number of amides is 1. The highest BCUT2D eigenvalue weighted by molar-refractivity contribution is 5.98. The number of rotatable bonds is 4. The number of aliphatic hydroxyl groups is 1. The van der Waals surface area contributed by atoms with Crippen LogP contribution < -0.4 is 4.90 Å². The van der Waals surface area contributed by atoms with E-state index in [9.17, 15) is 9.90 Å². The molecule has 1 amide bonds. The van der Waals surface area contributed by atoms with Gasteiger partial charge in [-0.2, -0.15) is 0 Å². The minimum atomic E-state index is -0.815. The van der Waals surface area contributed by atoms with Crippen molar-refractivity contribution in [3.8, 4) is 0 Å². The molecule has 0 aromatic heterocycles. The van der Waals surface area contributed by atoms with Gasteiger partial charge in [-0.3, -0.25) is 4.79 Å². The number of hydrogen-bond donors (Lipinski definition) is 1. The number of likely N-dealkylation sites (tertiary alicyclic amines) is 1. The van der Waals surface area contributed by atoms with Crippen LogP contribution in [0.15, 0.2) is 24.3 Å². The largest absolute Gasteiger partial charge is 0.383 e. The number of anilines is 1. The fraction of sp³-hybridized carbons (Fsp3) is 0.632. The van der Waals surface area contributed by atoms with Crippen molar-refractivity contribution in [2.45, 2.75) is 50.7 Å². The molecule has 0 radical (unpaired) electrons. The van der Waals surface area contributed by atoms with Crippen molar-refractivity contribution in [2.24, 2.45) is 5.92 Å². The van der Waals surface area contributed by atoms with Gasteiger partial charge in [0.1, 0.15) is 6.10 Å². The molecular formula is C19H26N2O2. The van der Waals surface area contributed by atoms with Crippen LogP contribution in [0.4, 0.5) is 5.69 Å². The molecule has 1 aliphatic carbocycles. The highest BCUT2D eigenvalue weighted by Gasteiger charge is 2.40. The first-order valence-electron chi connectivity index (χ1n) is 8.97. The Bertz CT molecular complexity index is 586. The van der Waals surface area contributed by atoms with E-state index in [-0.39, 0.29) is 5.91 Å². The summed E-state index contributed by atoms with van der Waals surface area (Å²) in [5.41, 5.74) is 2.32. The van der Waals surface area contributed by atoms with Crippen LogP contribution >= 0.6 is 0 Å². The molecule has 124 valence electrons. The quantitative estimate of drug-likeness (QED) is 0.928. The van der Waals surface area contributed by atoms with E-state index in [0.717, 1.165) is 17.6 Å². The smallest absolute Gasteiger partial charge is 0.255 e. The molecule has 1 N–H and O–H groups in total. The van der Waals surface area contributed by atoms with Gasteiger partial charge in [0.25, 0.3) is 5.91 Å². The minimum absolute atomic E-state index is 0.162. The number of hydrogen-bond acceptors (Lipinski definition) is 3. The number of aliphatic hydroxyl groups excluding tert-OH is 1. The van der Waals surface area contributed by atoms with Crippen LogP contribution in [0.25, 0.3) is 0 Å². The van der Waals surface area contributed by atoms with Crippen molar-refractivity contribution in [3.63, 3.8) is 0 Å². The van der Waals surface area contributed by atoms with Crippen LogP contribution in [0.1, 0.15) is 44.1 Å². The molecule has 0 spiro atoms. The Morgan fingerprint density at radius 3 is 2.57 bits per heavy atom. The van der Waals surface area contributed by atoms with E-state index in [1.807, 2.05) is 12.1 Å². The normalized spacial score (nSPS) is 34.3. The molecular weight excluding hydrogens is 288 g/mol. The lowest BCUT2D eigenvalue weighted by atomic mass is 10.1. The zero-order valence-corrected chi connectivity index (χ0v) is 13.8. The molecule has 0 bridgehead atoms. The Hall–Kier alpha value is -1.39. The molecule has 4 nitrogen and oxygen atoms in total. The zero-order chi connectivity index (χ0) is 16.0. The lowest BCUT2D eigenvalue weighted by Gasteiger charge is -2.21. The van der Waals surface area contributed by atoms with Gasteiger partial charge in [-0.05, 0) is 62.3 Å². The summed E-state index contributed by atoms with van der Waals surface area (Å²) in [5, 5.41) is 9.58. The second kappa shape index (κ2) is 5.91. The molecule has 1 aromatic carbocycles. The summed E-state index contributed by atoms with van der Waals surface area (Å²) in [5.74, 6) is 1.33. The number of carbonyl (C=O) groups excluding carboxylic acids is 1. The van der Waals surface area contributed by atoms with Gasteiger partial charge in [0.15, 0.2) is 0 Å². The summed E-state index contributed by atoms with van der Waals surface area (Å²) in [6.45, 7) is 5.48. The first kappa shape index (κ1) is 15.2. The fourth-order valence-electron chi connectivity index (χ4n) is 4.25. The van der Waals surface area contributed by atoms with Crippen molar-refractivity contribution in [1.29, 1.82) is 0 Å². The molecule has 23 heavy (non-hydrogen) atoms. The molecule has 2 aliphatic heterocycles. The van der Waals surface area contributed by atoms with Crippen LogP contribution in [-0.2, 0) is 4.79 Å². The van der Waals surface area contributed by atoms with E-state index < -0.39 is 6.10 Å². The summed E-state index contributed by atoms with van der Waals surface area (Å²) < 4.78 is 0. The van der Waals surface area contributed by atoms with E-state index in [0.29, 0.717) is 18.9 Å². The third-order valence-electron chi connectivity index (χ3n) is 5.89. The molecule has 3 aliphatic rings. The molecule has 4 rings (SSSR count). The molecule has 2 heterocycles. The molecule has 1 aromatic rings. The van der Waals surface area contributed by atoms with Gasteiger partial charge < -0.3 is 14.9 Å². The van der Waals surface area contributed by atoms with E-state index >= 15 is 0 Å². The maximum Gasteiger partial charge on any atom is 0.255 e. The van der Waals surface area contributed by atoms with Crippen molar-refractivity contribution >= 4 is 11.6 Å². The van der Waals surface area contributed by atoms with Gasteiger partial charge in [0.2, 0.25) is 0 Å². The van der Waals surface area contributed by atoms with Crippen LogP contribution in [0, 0.1) is 5.92 Å². The Balaban J connectivity index is 1.37. The lowest BCUT2D eigenvalue weighted by molar-refractivity contribution is -0.123. The summed E-state index contributed by atoms with van der Waals surface area (Å²) in [6.07, 6.45) is 3.72. The van der Waals surface area contributed by atoms with Gasteiger partial charge in [0.05, 0.1) is 0 Å². The van der Waals surface area contributed by atoms with E-state index in [1.165, 1.54) is 37.9 Å². The molecule has 3 fully saturated rings. The van der Waals surface area contributed by atoms with Gasteiger partial charge >= 0.3 is 0 Å². The lowest BCUT2D eigenvalue weighted by Crippen LogP contribution is -2.29. The Morgan fingerprint density at radius 1 is 1.17 bits per heavy atom. The van der Waals surface area contributed by atoms with Gasteiger partial charge in [-0.1, -0.05) is 12.1 Å². The van der Waals surface area contributed by atoms with Crippen LogP contribution in [0.3, 0.4) is 0 Å². The molecule has 2 saturated heterocycles. The van der Waals surface area contributed by atoms with Crippen molar-refractivity contribution < 1.29 is 9.90 Å². The van der Waals surface area contributed by atoms with Gasteiger partial charge in [-0.25, -0.2) is 0 Å². The predicted octanol–water partition coefficient (Wildman–Crippen LogP) is 2.37. The number of carbonyl (C=O) groups is 1. The molecule has 4 heteroatoms. The van der Waals surface area contributed by atoms with E-state index in [4.69, 9.17) is 0 Å². The Morgan fingerprint density at radius 2 is 1.96 bits per heavy atom. The maximum atomic E-state index is 11.9. The number of nitrogens with zero attached hydrogens (tertiary/aromatic N) is 2. The first-order chi connectivity index (χ1) is 11.1. The van der Waals surface area contributed by atoms with Gasteiger partial charge in [0, 0.05) is 31.2 Å². The highest BCUT2D eigenvalue weighted by atomic mass is 16.3. The van der Waals surface area contributed by atoms with Crippen LogP contribution in [-0.4, -0.2) is 47.7 Å². The van der Waals surface area contributed by atoms with Crippen LogP contribution in [0.5, 0.6) is 0 Å². The maximum absolute atomic E-state index is 11.9. The SMILES string of the molecule is C[C@H]1CCCN1C[C@H]1C[C@@H]1c1ccc(N2CC[C@H](O)C2=O)cc1. The topological polar surface area (TPSA) is 43.8 Å². The highest BCUT2D eigenvalue weighted by Crippen LogP contribution is 2.48. The second-order valence-electron chi connectivity index (χ2n) is 7.47. The third kappa shape index (κ3) is 2.90. The zero-order valence-electron chi connectivity index (χ0n) is 13.8. The second-order valence-corrected chi connectivity index (χ2v) is 7.47. The summed E-state index contributed by atoms with van der Waals surface area (Å²) >= 11 is 0. The summed E-state index contributed by atoms with van der Waals surface area (Å²) in [7, 11) is 0. The van der Waals surface area contributed by atoms with Crippen molar-refractivity contribution in [1.82, 2.24) is 4.90 Å². The van der Waals surface area contributed by atoms with Gasteiger partial charge in [-0.15, -0.1) is 0 Å². The monoisotopic (exact) mass is 314 g/mol. The van der Waals surface area contributed by atoms with Crippen molar-refractivity contribution in [2.75, 3.05) is 24.5 Å². The average Bonchev–Trinajstić information content (AvgIpc) is 3.09. The summed E-state index contributed by atoms with van der Waals surface area (Å²) in [6, 6.07) is 9.18. The molecule has 1 saturated carbocycles. The van der Waals surface area contributed by atoms with Crippen molar-refractivity contribution in [3.05, 3.63) is 29.8 Å². The van der Waals surface area contributed by atoms with E-state index in [2.05, 4.69) is 24.0 Å². The minimum Gasteiger partial charge on any atom is -0.383 e. The standard InChI is InChI=1S/C19H26N2O2/c1-13-3-2-9-20(13)12-15-11-17(15)14-4-6-16(7-5-14)21-10-8-18(22)19(21)23/h4-7,13,15,17-18,22H,2-3,8-12H2,1H3/t13-,15+,17+,18-/m0/s1. The van der Waals surface area contributed by atoms with Crippen LogP contribution in [0.2, 0.25) is 0 Å². The molecule has 0 unspecified atom stereocenters. The predicted molar refractivity (Wildman–Crippen MR) is 90.5 cm³/mol. The Kier molecular flexibility index (Phi) is 3.90. The molecule has 4 atom stereocenters. The third-order valence-corrected chi connectivity index (χ3v) is 5.89. The first-order valence-corrected chi connectivity index (χ1v) is 8.97. The summed E-state index contributed by atoms with van der Waals surface area (Å²) in [4.78, 5) is 16.2. The van der Waals surface area contributed by atoms with E-state index in [1.54, 1.807) is 4.90 Å². The number of benzene rings is 1. The average molecular weight is 314 g/mol.